The monoisotopic (exact) mass is 573 g/mol. The highest BCUT2D eigenvalue weighted by Crippen LogP contribution is 2.34. The Kier molecular flexibility index (Phi) is 8.31. The lowest BCUT2D eigenvalue weighted by Crippen LogP contribution is -2.71. The minimum atomic E-state index is -0.597. The van der Waals surface area contributed by atoms with E-state index in [9.17, 15) is 9.59 Å². The molecule has 2 fully saturated rings. The lowest BCUT2D eigenvalue weighted by molar-refractivity contribution is -0.158. The number of anilines is 2. The molecule has 2 aliphatic rings. The molecule has 1 aromatic rings. The average molecular weight is 574 g/mol. The van der Waals surface area contributed by atoms with Crippen LogP contribution in [0.1, 0.15) is 88.9 Å². The normalized spacial score (nSPS) is 23.1. The van der Waals surface area contributed by atoms with Gasteiger partial charge in [0.05, 0.1) is 22.2 Å². The van der Waals surface area contributed by atoms with Crippen molar-refractivity contribution in [3.05, 3.63) is 5.82 Å². The van der Waals surface area contributed by atoms with E-state index in [2.05, 4.69) is 85.8 Å². The van der Waals surface area contributed by atoms with Crippen molar-refractivity contribution in [2.24, 2.45) is 0 Å². The maximum atomic E-state index is 13.4. The molecule has 0 saturated carbocycles. The second kappa shape index (κ2) is 10.3. The van der Waals surface area contributed by atoms with Crippen LogP contribution in [0.2, 0.25) is 0 Å². The van der Waals surface area contributed by atoms with Crippen molar-refractivity contribution >= 4 is 23.7 Å². The van der Waals surface area contributed by atoms with Crippen LogP contribution in [0.25, 0.3) is 0 Å². The number of nitrogens with one attached hydrogen (secondary N) is 2. The fourth-order valence-electron chi connectivity index (χ4n) is 6.35. The third-order valence-corrected chi connectivity index (χ3v) is 9.09. The molecule has 41 heavy (non-hydrogen) atoms. The molecule has 0 aliphatic carbocycles. The summed E-state index contributed by atoms with van der Waals surface area (Å²) < 4.78 is 0. The first-order valence-electron chi connectivity index (χ1n) is 14.7. The second-order valence-corrected chi connectivity index (χ2v) is 15.7. The van der Waals surface area contributed by atoms with Gasteiger partial charge in [0, 0.05) is 37.3 Å². The summed E-state index contributed by atoms with van der Waals surface area (Å²) in [5, 5.41) is 6.91. The summed E-state index contributed by atoms with van der Waals surface area (Å²) in [4.78, 5) is 48.8. The number of hydrogen-bond acceptors (Lipinski definition) is 9. The van der Waals surface area contributed by atoms with E-state index in [0.717, 1.165) is 0 Å². The number of aromatic nitrogens is 3. The fraction of sp³-hybridized carbons (Fsp3) is 0.833. The summed E-state index contributed by atoms with van der Waals surface area (Å²) in [7, 11) is 4.03. The van der Waals surface area contributed by atoms with Gasteiger partial charge in [-0.2, -0.15) is 15.0 Å². The molecule has 3 rings (SSSR count). The SMILES string of the molecule is Cc1nc(NC(C)(C)CN2CC(C)(C)N(C)C(C)(C)C2=O)nc(NC(C)(C)CN2CC(C)(C)N(C)C(C)(C)C2=O)n1. The van der Waals surface area contributed by atoms with Crippen molar-refractivity contribution in [1.29, 1.82) is 0 Å². The van der Waals surface area contributed by atoms with Crippen LogP contribution < -0.4 is 10.6 Å². The standard InChI is InChI=1S/C30H55N9O2/c1-20-31-23(34-25(2,3)16-38-18-27(6,7)36(14)29(10,11)21(38)40)33-24(32-20)35-26(4,5)17-39-19-28(8,9)37(15)30(12,13)22(39)41/h16-19H2,1-15H3,(H2,31,32,33,34,35). The molecule has 2 amide bonds. The van der Waals surface area contributed by atoms with E-state index in [0.29, 0.717) is 43.9 Å². The van der Waals surface area contributed by atoms with E-state index >= 15 is 0 Å². The van der Waals surface area contributed by atoms with Gasteiger partial charge in [-0.1, -0.05) is 0 Å². The summed E-state index contributed by atoms with van der Waals surface area (Å²) in [6.45, 7) is 28.9. The van der Waals surface area contributed by atoms with Crippen molar-refractivity contribution < 1.29 is 9.59 Å². The van der Waals surface area contributed by atoms with E-state index in [1.54, 1.807) is 0 Å². The molecular formula is C30H55N9O2. The Bertz CT molecular complexity index is 1090. The number of hydrogen-bond donors (Lipinski definition) is 2. The number of piperazine rings is 2. The molecule has 0 bridgehead atoms. The predicted molar refractivity (Wildman–Crippen MR) is 165 cm³/mol. The highest BCUT2D eigenvalue weighted by atomic mass is 16.2. The van der Waals surface area contributed by atoms with Gasteiger partial charge >= 0.3 is 0 Å². The molecule has 2 N–H and O–H groups in total. The molecular weight excluding hydrogens is 518 g/mol. The van der Waals surface area contributed by atoms with Crippen LogP contribution in [-0.2, 0) is 9.59 Å². The fourth-order valence-corrected chi connectivity index (χ4v) is 6.35. The lowest BCUT2D eigenvalue weighted by Gasteiger charge is -2.54. The minimum Gasteiger partial charge on any atom is -0.347 e. The Labute approximate surface area is 247 Å². The molecule has 0 radical (unpaired) electrons. The van der Waals surface area contributed by atoms with Gasteiger partial charge in [-0.05, 0) is 104 Å². The Morgan fingerprint density at radius 3 is 1.29 bits per heavy atom. The summed E-state index contributed by atoms with van der Waals surface area (Å²) in [5.74, 6) is 1.68. The Morgan fingerprint density at radius 2 is 0.976 bits per heavy atom. The number of likely N-dealkylation sites (N-methyl/N-ethyl adjacent to an activating group) is 2. The van der Waals surface area contributed by atoms with Crippen molar-refractivity contribution in [3.63, 3.8) is 0 Å². The molecule has 232 valence electrons. The summed E-state index contributed by atoms with van der Waals surface area (Å²) in [6.07, 6.45) is 0. The van der Waals surface area contributed by atoms with Crippen LogP contribution in [0, 0.1) is 6.92 Å². The van der Waals surface area contributed by atoms with Gasteiger partial charge in [0.15, 0.2) is 0 Å². The number of amides is 2. The predicted octanol–water partition coefficient (Wildman–Crippen LogP) is 3.22. The molecule has 3 heterocycles. The Hall–Kier alpha value is -2.53. The maximum Gasteiger partial charge on any atom is 0.242 e. The average Bonchev–Trinajstić information content (AvgIpc) is 2.77. The summed E-state index contributed by atoms with van der Waals surface area (Å²) in [5.41, 5.74) is -2.51. The smallest absolute Gasteiger partial charge is 0.242 e. The van der Waals surface area contributed by atoms with Gasteiger partial charge in [-0.3, -0.25) is 19.4 Å². The van der Waals surface area contributed by atoms with Gasteiger partial charge in [-0.25, -0.2) is 0 Å². The molecule has 0 aromatic carbocycles. The first-order valence-corrected chi connectivity index (χ1v) is 14.7. The number of rotatable bonds is 8. The first-order chi connectivity index (χ1) is 18.3. The highest BCUT2D eigenvalue weighted by molar-refractivity contribution is 5.87. The van der Waals surface area contributed by atoms with E-state index in [1.807, 2.05) is 58.5 Å². The van der Waals surface area contributed by atoms with Gasteiger partial charge in [0.1, 0.15) is 5.82 Å². The number of nitrogens with zero attached hydrogens (tertiary/aromatic N) is 7. The van der Waals surface area contributed by atoms with Crippen LogP contribution in [0.4, 0.5) is 11.9 Å². The third-order valence-electron chi connectivity index (χ3n) is 9.09. The molecule has 0 unspecified atom stereocenters. The number of carbonyl (C=O) groups excluding carboxylic acids is 2. The van der Waals surface area contributed by atoms with Crippen molar-refractivity contribution in [2.45, 2.75) is 123 Å². The van der Waals surface area contributed by atoms with Crippen LogP contribution in [0.3, 0.4) is 0 Å². The van der Waals surface area contributed by atoms with Gasteiger partial charge < -0.3 is 20.4 Å². The summed E-state index contributed by atoms with van der Waals surface area (Å²) in [6, 6.07) is 0. The lowest BCUT2D eigenvalue weighted by atomic mass is 9.86. The molecule has 11 nitrogen and oxygen atoms in total. The minimum absolute atomic E-state index is 0.106. The zero-order chi connectivity index (χ0) is 31.6. The maximum absolute atomic E-state index is 13.4. The van der Waals surface area contributed by atoms with Gasteiger partial charge in [0.25, 0.3) is 0 Å². The second-order valence-electron chi connectivity index (χ2n) is 15.7. The van der Waals surface area contributed by atoms with Crippen LogP contribution >= 0.6 is 0 Å². The largest absolute Gasteiger partial charge is 0.347 e. The number of carbonyl (C=O) groups is 2. The molecule has 11 heteroatoms. The van der Waals surface area contributed by atoms with E-state index in [1.165, 1.54) is 0 Å². The molecule has 1 aromatic heterocycles. The Balaban J connectivity index is 1.76. The van der Waals surface area contributed by atoms with Crippen molar-refractivity contribution in [3.8, 4) is 0 Å². The summed E-state index contributed by atoms with van der Waals surface area (Å²) >= 11 is 0. The quantitative estimate of drug-likeness (QED) is 0.484. The van der Waals surface area contributed by atoms with Crippen LogP contribution in [0.15, 0.2) is 0 Å². The third kappa shape index (κ3) is 6.77. The zero-order valence-corrected chi connectivity index (χ0v) is 28.3. The van der Waals surface area contributed by atoms with Gasteiger partial charge in [-0.15, -0.1) is 0 Å². The molecule has 2 saturated heterocycles. The molecule has 0 spiro atoms. The topological polar surface area (TPSA) is 110 Å². The van der Waals surface area contributed by atoms with Crippen molar-refractivity contribution in [1.82, 2.24) is 34.6 Å². The molecule has 0 atom stereocenters. The first kappa shape index (κ1) is 33.0. The van der Waals surface area contributed by atoms with Crippen LogP contribution in [-0.4, -0.2) is 120 Å². The Morgan fingerprint density at radius 1 is 0.659 bits per heavy atom. The van der Waals surface area contributed by atoms with E-state index in [4.69, 9.17) is 4.98 Å². The number of aryl methyl sites for hydroxylation is 1. The van der Waals surface area contributed by atoms with E-state index in [-0.39, 0.29) is 22.9 Å². The molecule has 2 aliphatic heterocycles. The highest BCUT2D eigenvalue weighted by Gasteiger charge is 2.50. The zero-order valence-electron chi connectivity index (χ0n) is 28.3. The van der Waals surface area contributed by atoms with E-state index < -0.39 is 22.2 Å². The van der Waals surface area contributed by atoms with Gasteiger partial charge in [0.2, 0.25) is 23.7 Å². The van der Waals surface area contributed by atoms with Crippen molar-refractivity contribution in [2.75, 3.05) is 50.9 Å². The van der Waals surface area contributed by atoms with Crippen LogP contribution in [0.5, 0.6) is 0 Å².